The summed E-state index contributed by atoms with van der Waals surface area (Å²) in [5.41, 5.74) is 1.32. The zero-order valence-corrected chi connectivity index (χ0v) is 14.5. The summed E-state index contributed by atoms with van der Waals surface area (Å²) >= 11 is 0. The number of carbonyl (C=O) groups excluding carboxylic acids is 1. The summed E-state index contributed by atoms with van der Waals surface area (Å²) in [5, 5.41) is 7.17. The Morgan fingerprint density at radius 3 is 2.96 bits per heavy atom. The van der Waals surface area contributed by atoms with Crippen molar-refractivity contribution < 1.29 is 9.32 Å². The Morgan fingerprint density at radius 1 is 1.36 bits per heavy atom. The number of urea groups is 1. The van der Waals surface area contributed by atoms with Crippen molar-refractivity contribution in [3.63, 3.8) is 0 Å². The monoisotopic (exact) mass is 340 g/mol. The summed E-state index contributed by atoms with van der Waals surface area (Å²) < 4.78 is 5.04. The van der Waals surface area contributed by atoms with E-state index in [2.05, 4.69) is 39.7 Å². The predicted octanol–water partition coefficient (Wildman–Crippen LogP) is 2.90. The van der Waals surface area contributed by atoms with Gasteiger partial charge >= 0.3 is 6.03 Å². The van der Waals surface area contributed by atoms with Gasteiger partial charge in [0, 0.05) is 38.4 Å². The lowest BCUT2D eigenvalue weighted by atomic mass is 9.95. The number of aryl methyl sites for hydroxylation is 1. The number of likely N-dealkylation sites (tertiary alicyclic amines) is 1. The Labute approximate surface area is 147 Å². The SMILES string of the molecule is Cc1nc(C[C@H]2CCCN(C(=O)N[C@@H]3C[C@H]3c3ccccc3)C2)no1. The maximum absolute atomic E-state index is 12.6. The zero-order chi connectivity index (χ0) is 17.2. The molecule has 6 heteroatoms. The van der Waals surface area contributed by atoms with Crippen LogP contribution in [0.2, 0.25) is 0 Å². The Kier molecular flexibility index (Phi) is 4.42. The lowest BCUT2D eigenvalue weighted by Gasteiger charge is -2.32. The van der Waals surface area contributed by atoms with Gasteiger partial charge in [-0.3, -0.25) is 0 Å². The minimum atomic E-state index is 0.0671. The maximum atomic E-state index is 12.6. The van der Waals surface area contributed by atoms with Crippen molar-refractivity contribution in [2.75, 3.05) is 13.1 Å². The van der Waals surface area contributed by atoms with Crippen LogP contribution in [0.1, 0.15) is 42.5 Å². The van der Waals surface area contributed by atoms with Gasteiger partial charge in [-0.1, -0.05) is 35.5 Å². The van der Waals surface area contributed by atoms with Gasteiger partial charge in [0.1, 0.15) is 0 Å². The summed E-state index contributed by atoms with van der Waals surface area (Å²) in [6.45, 7) is 3.40. The number of amides is 2. The number of nitrogens with one attached hydrogen (secondary N) is 1. The third kappa shape index (κ3) is 3.83. The number of nitrogens with zero attached hydrogens (tertiary/aromatic N) is 3. The zero-order valence-electron chi connectivity index (χ0n) is 14.5. The van der Waals surface area contributed by atoms with Crippen LogP contribution in [-0.4, -0.2) is 40.2 Å². The summed E-state index contributed by atoms with van der Waals surface area (Å²) in [5.74, 6) is 2.21. The lowest BCUT2D eigenvalue weighted by Crippen LogP contribution is -2.46. The highest BCUT2D eigenvalue weighted by atomic mass is 16.5. The van der Waals surface area contributed by atoms with E-state index in [0.717, 1.165) is 44.6 Å². The van der Waals surface area contributed by atoms with E-state index in [9.17, 15) is 4.79 Å². The van der Waals surface area contributed by atoms with Gasteiger partial charge in [0.05, 0.1) is 0 Å². The number of hydrogen-bond donors (Lipinski definition) is 1. The number of hydrogen-bond acceptors (Lipinski definition) is 4. The van der Waals surface area contributed by atoms with Crippen molar-refractivity contribution >= 4 is 6.03 Å². The van der Waals surface area contributed by atoms with Crippen molar-refractivity contribution in [3.8, 4) is 0 Å². The van der Waals surface area contributed by atoms with Crippen LogP contribution in [0.3, 0.4) is 0 Å². The second-order valence-electron chi connectivity index (χ2n) is 7.20. The van der Waals surface area contributed by atoms with Crippen molar-refractivity contribution in [1.82, 2.24) is 20.4 Å². The van der Waals surface area contributed by atoms with Gasteiger partial charge < -0.3 is 14.7 Å². The van der Waals surface area contributed by atoms with Crippen molar-refractivity contribution in [3.05, 3.63) is 47.6 Å². The molecule has 2 aliphatic rings. The molecule has 2 aromatic rings. The summed E-state index contributed by atoms with van der Waals surface area (Å²) in [6.07, 6.45) is 3.95. The van der Waals surface area contributed by atoms with Gasteiger partial charge in [0.15, 0.2) is 5.82 Å². The Balaban J connectivity index is 1.29. The van der Waals surface area contributed by atoms with E-state index in [1.807, 2.05) is 11.0 Å². The largest absolute Gasteiger partial charge is 0.340 e. The molecule has 132 valence electrons. The molecule has 0 bridgehead atoms. The van der Waals surface area contributed by atoms with Crippen LogP contribution in [0.4, 0.5) is 4.79 Å². The van der Waals surface area contributed by atoms with Gasteiger partial charge in [-0.25, -0.2) is 4.79 Å². The normalized spacial score (nSPS) is 25.6. The number of benzene rings is 1. The first-order valence-corrected chi connectivity index (χ1v) is 9.08. The molecular weight excluding hydrogens is 316 g/mol. The molecule has 1 aliphatic carbocycles. The fourth-order valence-electron chi connectivity index (χ4n) is 3.77. The highest BCUT2D eigenvalue weighted by molar-refractivity contribution is 5.75. The van der Waals surface area contributed by atoms with Crippen molar-refractivity contribution in [2.24, 2.45) is 5.92 Å². The summed E-state index contributed by atoms with van der Waals surface area (Å²) in [4.78, 5) is 18.8. The molecule has 2 fully saturated rings. The quantitative estimate of drug-likeness (QED) is 0.929. The van der Waals surface area contributed by atoms with Gasteiger partial charge in [-0.2, -0.15) is 4.98 Å². The summed E-state index contributed by atoms with van der Waals surface area (Å²) in [6, 6.07) is 10.8. The van der Waals surface area contributed by atoms with Gasteiger partial charge in [0.2, 0.25) is 5.89 Å². The smallest absolute Gasteiger partial charge is 0.317 e. The Morgan fingerprint density at radius 2 is 2.20 bits per heavy atom. The lowest BCUT2D eigenvalue weighted by molar-refractivity contribution is 0.164. The maximum Gasteiger partial charge on any atom is 0.317 e. The van der Waals surface area contributed by atoms with E-state index >= 15 is 0 Å². The van der Waals surface area contributed by atoms with E-state index in [1.54, 1.807) is 6.92 Å². The van der Waals surface area contributed by atoms with Crippen LogP contribution in [-0.2, 0) is 6.42 Å². The molecule has 0 radical (unpaired) electrons. The van der Waals surface area contributed by atoms with Crippen LogP contribution < -0.4 is 5.32 Å². The molecule has 3 atom stereocenters. The molecule has 2 amide bonds. The molecule has 1 aromatic carbocycles. The molecule has 1 N–H and O–H groups in total. The first-order valence-electron chi connectivity index (χ1n) is 9.08. The molecule has 25 heavy (non-hydrogen) atoms. The van der Waals surface area contributed by atoms with E-state index in [0.29, 0.717) is 17.7 Å². The average Bonchev–Trinajstić information content (AvgIpc) is 3.28. The highest BCUT2D eigenvalue weighted by Crippen LogP contribution is 2.40. The molecule has 6 nitrogen and oxygen atoms in total. The van der Waals surface area contributed by atoms with Crippen LogP contribution in [0.5, 0.6) is 0 Å². The third-order valence-electron chi connectivity index (χ3n) is 5.17. The molecule has 0 spiro atoms. The first-order chi connectivity index (χ1) is 12.2. The molecule has 0 unspecified atom stereocenters. The van der Waals surface area contributed by atoms with Crippen LogP contribution in [0, 0.1) is 12.8 Å². The topological polar surface area (TPSA) is 71.3 Å². The molecule has 1 saturated heterocycles. The first kappa shape index (κ1) is 16.1. The van der Waals surface area contributed by atoms with Crippen molar-refractivity contribution in [1.29, 1.82) is 0 Å². The van der Waals surface area contributed by atoms with Crippen LogP contribution >= 0.6 is 0 Å². The molecule has 1 aliphatic heterocycles. The average molecular weight is 340 g/mol. The Bertz CT molecular complexity index is 730. The molecule has 1 aromatic heterocycles. The minimum absolute atomic E-state index is 0.0671. The summed E-state index contributed by atoms with van der Waals surface area (Å²) in [7, 11) is 0. The fraction of sp³-hybridized carbons (Fsp3) is 0.526. The second-order valence-corrected chi connectivity index (χ2v) is 7.20. The van der Waals surface area contributed by atoms with Gasteiger partial charge in [-0.15, -0.1) is 0 Å². The second kappa shape index (κ2) is 6.86. The number of aromatic nitrogens is 2. The van der Waals surface area contributed by atoms with E-state index in [4.69, 9.17) is 4.52 Å². The highest BCUT2D eigenvalue weighted by Gasteiger charge is 2.40. The molecule has 4 rings (SSSR count). The minimum Gasteiger partial charge on any atom is -0.340 e. The van der Waals surface area contributed by atoms with E-state index in [-0.39, 0.29) is 12.1 Å². The van der Waals surface area contributed by atoms with Gasteiger partial charge in [-0.05, 0) is 30.7 Å². The molecule has 1 saturated carbocycles. The number of carbonyl (C=O) groups is 1. The predicted molar refractivity (Wildman–Crippen MR) is 93.2 cm³/mol. The van der Waals surface area contributed by atoms with Crippen LogP contribution in [0.15, 0.2) is 34.9 Å². The number of rotatable bonds is 4. The van der Waals surface area contributed by atoms with Gasteiger partial charge in [0.25, 0.3) is 0 Å². The Hall–Kier alpha value is -2.37. The molecule has 2 heterocycles. The van der Waals surface area contributed by atoms with Crippen LogP contribution in [0.25, 0.3) is 0 Å². The van der Waals surface area contributed by atoms with E-state index in [1.165, 1.54) is 5.56 Å². The van der Waals surface area contributed by atoms with Crippen molar-refractivity contribution in [2.45, 2.75) is 44.6 Å². The fourth-order valence-corrected chi connectivity index (χ4v) is 3.77. The number of piperidine rings is 1. The van der Waals surface area contributed by atoms with E-state index < -0.39 is 0 Å². The standard InChI is InChI=1S/C19H24N4O2/c1-13-20-18(22-25-13)10-14-6-5-9-23(12-14)19(24)21-17-11-16(17)15-7-3-2-4-8-15/h2-4,7-8,14,16-17H,5-6,9-12H2,1H3,(H,21,24)/t14-,16+,17-/m1/s1. The molecular formula is C19H24N4O2. The third-order valence-corrected chi connectivity index (χ3v) is 5.17.